The molecule has 8 heteroatoms. The van der Waals surface area contributed by atoms with Crippen LogP contribution in [0.5, 0.6) is 0 Å². The lowest BCUT2D eigenvalue weighted by atomic mass is 10.0. The number of aromatic nitrogens is 1. The van der Waals surface area contributed by atoms with Gasteiger partial charge in [-0.2, -0.15) is 4.98 Å². The van der Waals surface area contributed by atoms with Gasteiger partial charge in [-0.15, -0.1) is 0 Å². The van der Waals surface area contributed by atoms with Gasteiger partial charge in [0.15, 0.2) is 0 Å². The van der Waals surface area contributed by atoms with E-state index in [0.29, 0.717) is 17.1 Å². The Morgan fingerprint density at radius 1 is 0.914 bits per heavy atom. The summed E-state index contributed by atoms with van der Waals surface area (Å²) in [7, 11) is 0.00394. The zero-order valence-electron chi connectivity index (χ0n) is 20.1. The molecule has 1 unspecified atom stereocenters. The zero-order chi connectivity index (χ0) is 25.2. The van der Waals surface area contributed by atoms with Gasteiger partial charge in [0, 0.05) is 17.1 Å². The summed E-state index contributed by atoms with van der Waals surface area (Å²) in [5.41, 5.74) is 4.06. The Labute approximate surface area is 211 Å². The number of aryl methyl sites for hydroxylation is 2. The molecule has 1 aromatic heterocycles. The number of nitrogens with one attached hydrogen (secondary N) is 1. The third kappa shape index (κ3) is 5.59. The summed E-state index contributed by atoms with van der Waals surface area (Å²) >= 11 is 5.97. The van der Waals surface area contributed by atoms with Crippen LogP contribution in [-0.2, 0) is 9.84 Å². The van der Waals surface area contributed by atoms with E-state index < -0.39 is 9.84 Å². The molecule has 1 heterocycles. The van der Waals surface area contributed by atoms with Crippen LogP contribution in [0.1, 0.15) is 22.7 Å². The molecule has 3 aromatic carbocycles. The second-order valence-corrected chi connectivity index (χ2v) is 11.0. The molecule has 4 rings (SSSR count). The fourth-order valence-electron chi connectivity index (χ4n) is 3.72. The number of sulfone groups is 1. The van der Waals surface area contributed by atoms with Crippen molar-refractivity contribution in [1.82, 2.24) is 9.88 Å². The van der Waals surface area contributed by atoms with Crippen LogP contribution in [0.25, 0.3) is 11.5 Å². The molecule has 4 aromatic rings. The number of benzene rings is 3. The molecule has 6 nitrogen and oxygen atoms in total. The van der Waals surface area contributed by atoms with Crippen molar-refractivity contribution in [2.75, 3.05) is 26.0 Å². The molecule has 0 saturated carbocycles. The number of oxazole rings is 1. The fourth-order valence-corrected chi connectivity index (χ4v) is 5.13. The monoisotopic (exact) mass is 509 g/mol. The number of anilines is 1. The summed E-state index contributed by atoms with van der Waals surface area (Å²) in [6, 6.07) is 21.9. The van der Waals surface area contributed by atoms with Gasteiger partial charge in [-0.25, -0.2) is 8.42 Å². The highest BCUT2D eigenvalue weighted by Gasteiger charge is 2.29. The van der Waals surface area contributed by atoms with Crippen LogP contribution in [0.3, 0.4) is 0 Å². The van der Waals surface area contributed by atoms with E-state index in [0.717, 1.165) is 11.1 Å². The summed E-state index contributed by atoms with van der Waals surface area (Å²) in [5, 5.41) is 3.52. The Morgan fingerprint density at radius 2 is 1.49 bits per heavy atom. The Hall–Kier alpha value is -3.13. The van der Waals surface area contributed by atoms with E-state index in [-0.39, 0.29) is 27.7 Å². The highest BCUT2D eigenvalue weighted by molar-refractivity contribution is 7.91. The molecule has 0 aliphatic heterocycles. The lowest BCUT2D eigenvalue weighted by molar-refractivity contribution is 0.310. The van der Waals surface area contributed by atoms with Gasteiger partial charge in [-0.1, -0.05) is 59.1 Å². The van der Waals surface area contributed by atoms with Crippen molar-refractivity contribution in [3.05, 3.63) is 94.5 Å². The predicted molar refractivity (Wildman–Crippen MR) is 140 cm³/mol. The third-order valence-electron chi connectivity index (χ3n) is 5.81. The van der Waals surface area contributed by atoms with Crippen molar-refractivity contribution < 1.29 is 12.8 Å². The van der Waals surface area contributed by atoms with Crippen molar-refractivity contribution in [3.8, 4) is 11.5 Å². The van der Waals surface area contributed by atoms with Crippen LogP contribution in [0.2, 0.25) is 5.02 Å². The summed E-state index contributed by atoms with van der Waals surface area (Å²) in [4.78, 5) is 6.59. The Bertz CT molecular complexity index is 1400. The molecule has 0 spiro atoms. The van der Waals surface area contributed by atoms with Crippen LogP contribution >= 0.6 is 11.6 Å². The smallest absolute Gasteiger partial charge is 0.233 e. The van der Waals surface area contributed by atoms with Gasteiger partial charge in [0.1, 0.15) is 0 Å². The number of hydrogen-bond donors (Lipinski definition) is 1. The van der Waals surface area contributed by atoms with Gasteiger partial charge >= 0.3 is 0 Å². The molecule has 0 saturated heterocycles. The van der Waals surface area contributed by atoms with E-state index in [1.807, 2.05) is 52.2 Å². The minimum absolute atomic E-state index is 0.0189. The van der Waals surface area contributed by atoms with E-state index in [1.165, 1.54) is 17.7 Å². The maximum atomic E-state index is 13.5. The van der Waals surface area contributed by atoms with Crippen LogP contribution in [0.15, 0.2) is 87.1 Å². The van der Waals surface area contributed by atoms with E-state index >= 15 is 0 Å². The summed E-state index contributed by atoms with van der Waals surface area (Å²) in [5.74, 6) is 0.339. The molecule has 0 aliphatic carbocycles. The minimum atomic E-state index is -3.96. The average molecular weight is 510 g/mol. The number of hydrogen-bond acceptors (Lipinski definition) is 6. The Morgan fingerprint density at radius 3 is 2.06 bits per heavy atom. The average Bonchev–Trinajstić information content (AvgIpc) is 3.26. The second kappa shape index (κ2) is 10.2. The third-order valence-corrected chi connectivity index (χ3v) is 7.75. The van der Waals surface area contributed by atoms with Crippen LogP contribution in [0, 0.1) is 13.8 Å². The molecular weight excluding hydrogens is 482 g/mol. The number of likely N-dealkylation sites (N-methyl/N-ethyl adjacent to an activating group) is 1. The number of rotatable bonds is 8. The molecular formula is C27H28ClN3O3S. The van der Waals surface area contributed by atoms with Crippen molar-refractivity contribution in [2.24, 2.45) is 0 Å². The Kier molecular flexibility index (Phi) is 7.31. The second-order valence-electron chi connectivity index (χ2n) is 8.75. The van der Waals surface area contributed by atoms with E-state index in [2.05, 4.69) is 39.5 Å². The fraction of sp³-hybridized carbons (Fsp3) is 0.222. The van der Waals surface area contributed by atoms with Crippen molar-refractivity contribution in [1.29, 1.82) is 0 Å². The summed E-state index contributed by atoms with van der Waals surface area (Å²) in [6.45, 7) is 4.44. The van der Waals surface area contributed by atoms with Crippen molar-refractivity contribution in [2.45, 2.75) is 29.8 Å². The number of halogens is 1. The molecule has 0 bridgehead atoms. The largest absolute Gasteiger partial charge is 0.419 e. The topological polar surface area (TPSA) is 75.4 Å². The molecule has 0 aliphatic rings. The molecule has 0 amide bonds. The van der Waals surface area contributed by atoms with Crippen molar-refractivity contribution >= 4 is 27.3 Å². The first-order valence-corrected chi connectivity index (χ1v) is 13.1. The van der Waals surface area contributed by atoms with E-state index in [4.69, 9.17) is 16.0 Å². The minimum Gasteiger partial charge on any atom is -0.419 e. The highest BCUT2D eigenvalue weighted by Crippen LogP contribution is 2.33. The summed E-state index contributed by atoms with van der Waals surface area (Å²) < 4.78 is 33.1. The normalized spacial score (nSPS) is 12.6. The van der Waals surface area contributed by atoms with E-state index in [1.54, 1.807) is 12.1 Å². The first-order valence-electron chi connectivity index (χ1n) is 11.2. The van der Waals surface area contributed by atoms with Gasteiger partial charge in [-0.05, 0) is 69.9 Å². The molecule has 0 fully saturated rings. The van der Waals surface area contributed by atoms with Crippen LogP contribution < -0.4 is 5.32 Å². The molecule has 182 valence electrons. The van der Waals surface area contributed by atoms with Crippen LogP contribution in [0.4, 0.5) is 5.88 Å². The van der Waals surface area contributed by atoms with Gasteiger partial charge in [0.05, 0.1) is 10.9 Å². The van der Waals surface area contributed by atoms with Crippen LogP contribution in [-0.4, -0.2) is 38.9 Å². The lowest BCUT2D eigenvalue weighted by Crippen LogP contribution is -2.27. The highest BCUT2D eigenvalue weighted by atomic mass is 35.5. The maximum Gasteiger partial charge on any atom is 0.233 e. The standard InChI is InChI=1S/C27H28ClN3O3S/c1-18-5-9-20(10-6-18)24(31(3)4)17-29-26-27(35(32,33)23-15-13-22(28)14-16-23)30-25(34-26)21-11-7-19(2)8-12-21/h5-16,24,29H,17H2,1-4H3. The predicted octanol–water partition coefficient (Wildman–Crippen LogP) is 6.16. The number of nitrogens with zero attached hydrogens (tertiary/aromatic N) is 2. The lowest BCUT2D eigenvalue weighted by Gasteiger charge is -2.25. The van der Waals surface area contributed by atoms with Gasteiger partial charge in [-0.3, -0.25) is 0 Å². The first-order chi connectivity index (χ1) is 16.6. The molecule has 1 N–H and O–H groups in total. The first kappa shape index (κ1) is 25.0. The van der Waals surface area contributed by atoms with E-state index in [9.17, 15) is 8.42 Å². The quantitative estimate of drug-likeness (QED) is 0.306. The zero-order valence-corrected chi connectivity index (χ0v) is 21.7. The van der Waals surface area contributed by atoms with Gasteiger partial charge < -0.3 is 14.6 Å². The molecule has 0 radical (unpaired) electrons. The molecule has 35 heavy (non-hydrogen) atoms. The molecule has 1 atom stereocenters. The van der Waals surface area contributed by atoms with Gasteiger partial charge in [0.2, 0.25) is 26.6 Å². The Balaban J connectivity index is 1.73. The van der Waals surface area contributed by atoms with Crippen molar-refractivity contribution in [3.63, 3.8) is 0 Å². The van der Waals surface area contributed by atoms with Gasteiger partial charge in [0.25, 0.3) is 0 Å². The SMILES string of the molecule is Cc1ccc(-c2nc(S(=O)(=O)c3ccc(Cl)cc3)c(NCC(c3ccc(C)cc3)N(C)C)o2)cc1. The maximum absolute atomic E-state index is 13.5. The summed E-state index contributed by atoms with van der Waals surface area (Å²) in [6.07, 6.45) is 0.